The lowest BCUT2D eigenvalue weighted by Gasteiger charge is -2.12. The highest BCUT2D eigenvalue weighted by Gasteiger charge is 2.17. The van der Waals surface area contributed by atoms with E-state index in [4.69, 9.17) is 0 Å². The minimum Gasteiger partial charge on any atom is -0.349 e. The Morgan fingerprint density at radius 1 is 1.12 bits per heavy atom. The molecule has 136 valence electrons. The van der Waals surface area contributed by atoms with Gasteiger partial charge in [0.15, 0.2) is 0 Å². The van der Waals surface area contributed by atoms with Gasteiger partial charge in [0.25, 0.3) is 11.5 Å². The number of rotatable bonds is 5. The summed E-state index contributed by atoms with van der Waals surface area (Å²) in [5.74, 6) is -0.375. The van der Waals surface area contributed by atoms with Crippen LogP contribution >= 0.6 is 0 Å². The summed E-state index contributed by atoms with van der Waals surface area (Å²) in [5, 5.41) is 5.78. The van der Waals surface area contributed by atoms with Gasteiger partial charge in [-0.1, -0.05) is 12.8 Å². The molecule has 0 unspecified atom stereocenters. The second-order valence-electron chi connectivity index (χ2n) is 6.75. The van der Waals surface area contributed by atoms with E-state index < -0.39 is 0 Å². The summed E-state index contributed by atoms with van der Waals surface area (Å²) >= 11 is 0. The summed E-state index contributed by atoms with van der Waals surface area (Å²) in [6, 6.07) is 10.3. The van der Waals surface area contributed by atoms with Gasteiger partial charge in [0.1, 0.15) is 6.54 Å². The molecule has 0 saturated heterocycles. The van der Waals surface area contributed by atoms with Crippen molar-refractivity contribution in [1.82, 2.24) is 9.88 Å². The number of carbonyl (C=O) groups is 2. The zero-order valence-electron chi connectivity index (χ0n) is 14.8. The molecule has 1 saturated carbocycles. The van der Waals surface area contributed by atoms with E-state index in [0.29, 0.717) is 11.3 Å². The van der Waals surface area contributed by atoms with Crippen molar-refractivity contribution < 1.29 is 9.59 Å². The van der Waals surface area contributed by atoms with E-state index in [1.165, 1.54) is 23.5 Å². The molecule has 0 bridgehead atoms. The van der Waals surface area contributed by atoms with Crippen LogP contribution in [0.25, 0.3) is 0 Å². The summed E-state index contributed by atoms with van der Waals surface area (Å²) in [5.41, 5.74) is 1.81. The standard InChI is InChI=1S/C20H23N3O3/c1-14-10-11-23(19(25)12-14)13-18(24)21-17-8-6-15(7-9-17)20(26)22-16-4-2-3-5-16/h6-12,16H,2-5,13H2,1H3,(H,21,24)(H,22,26). The van der Waals surface area contributed by atoms with Gasteiger partial charge in [-0.2, -0.15) is 0 Å². The van der Waals surface area contributed by atoms with Crippen LogP contribution in [0, 0.1) is 6.92 Å². The highest BCUT2D eigenvalue weighted by Crippen LogP contribution is 2.18. The van der Waals surface area contributed by atoms with Gasteiger partial charge >= 0.3 is 0 Å². The average molecular weight is 353 g/mol. The number of hydrogen-bond donors (Lipinski definition) is 2. The first-order valence-electron chi connectivity index (χ1n) is 8.89. The highest BCUT2D eigenvalue weighted by atomic mass is 16.2. The van der Waals surface area contributed by atoms with Crippen LogP contribution in [0.3, 0.4) is 0 Å². The van der Waals surface area contributed by atoms with E-state index in [1.807, 2.05) is 6.92 Å². The quantitative estimate of drug-likeness (QED) is 0.866. The van der Waals surface area contributed by atoms with Crippen LogP contribution in [0.15, 0.2) is 47.4 Å². The van der Waals surface area contributed by atoms with Gasteiger partial charge < -0.3 is 15.2 Å². The number of aryl methyl sites for hydroxylation is 1. The molecular weight excluding hydrogens is 330 g/mol. The summed E-state index contributed by atoms with van der Waals surface area (Å²) < 4.78 is 1.35. The molecular formula is C20H23N3O3. The van der Waals surface area contributed by atoms with E-state index in [0.717, 1.165) is 18.4 Å². The Morgan fingerprint density at radius 2 is 1.81 bits per heavy atom. The molecule has 0 spiro atoms. The van der Waals surface area contributed by atoms with Gasteiger partial charge in [-0.25, -0.2) is 0 Å². The molecule has 0 radical (unpaired) electrons. The molecule has 1 aromatic carbocycles. The number of amides is 2. The molecule has 1 heterocycles. The van der Waals surface area contributed by atoms with Crippen LogP contribution in [-0.2, 0) is 11.3 Å². The number of nitrogens with one attached hydrogen (secondary N) is 2. The van der Waals surface area contributed by atoms with Crippen LogP contribution in [-0.4, -0.2) is 22.4 Å². The van der Waals surface area contributed by atoms with Gasteiger partial charge in [-0.05, 0) is 55.7 Å². The fraction of sp³-hybridized carbons (Fsp3) is 0.350. The van der Waals surface area contributed by atoms with Crippen molar-refractivity contribution in [3.8, 4) is 0 Å². The number of carbonyl (C=O) groups excluding carboxylic acids is 2. The Balaban J connectivity index is 1.57. The van der Waals surface area contributed by atoms with E-state index in [2.05, 4.69) is 10.6 Å². The van der Waals surface area contributed by atoms with Gasteiger partial charge in [0, 0.05) is 29.6 Å². The van der Waals surface area contributed by atoms with Crippen molar-refractivity contribution in [3.05, 3.63) is 64.1 Å². The zero-order chi connectivity index (χ0) is 18.5. The van der Waals surface area contributed by atoms with Crippen molar-refractivity contribution in [2.75, 3.05) is 5.32 Å². The summed E-state index contributed by atoms with van der Waals surface area (Å²) in [4.78, 5) is 36.1. The number of nitrogens with zero attached hydrogens (tertiary/aromatic N) is 1. The first-order chi connectivity index (χ1) is 12.5. The normalized spacial score (nSPS) is 14.2. The second-order valence-corrected chi connectivity index (χ2v) is 6.75. The Bertz CT molecular complexity index is 849. The molecule has 3 rings (SSSR count). The van der Waals surface area contributed by atoms with Crippen LogP contribution in [0.4, 0.5) is 5.69 Å². The molecule has 1 fully saturated rings. The number of benzene rings is 1. The molecule has 0 atom stereocenters. The lowest BCUT2D eigenvalue weighted by molar-refractivity contribution is -0.116. The average Bonchev–Trinajstić information content (AvgIpc) is 3.11. The summed E-state index contributed by atoms with van der Waals surface area (Å²) in [6.45, 7) is 1.78. The molecule has 2 N–H and O–H groups in total. The molecule has 1 aromatic heterocycles. The smallest absolute Gasteiger partial charge is 0.251 e. The van der Waals surface area contributed by atoms with Gasteiger partial charge in [0.05, 0.1) is 0 Å². The molecule has 0 aliphatic heterocycles. The predicted molar refractivity (Wildman–Crippen MR) is 100 cm³/mol. The van der Waals surface area contributed by atoms with Crippen molar-refractivity contribution in [3.63, 3.8) is 0 Å². The third kappa shape index (κ3) is 4.59. The van der Waals surface area contributed by atoms with Crippen LogP contribution in [0.5, 0.6) is 0 Å². The predicted octanol–water partition coefficient (Wildman–Crippen LogP) is 2.47. The largest absolute Gasteiger partial charge is 0.349 e. The van der Waals surface area contributed by atoms with E-state index in [-0.39, 0.29) is 30.0 Å². The van der Waals surface area contributed by atoms with Crippen molar-refractivity contribution >= 4 is 17.5 Å². The number of aromatic nitrogens is 1. The van der Waals surface area contributed by atoms with E-state index >= 15 is 0 Å². The Morgan fingerprint density at radius 3 is 2.46 bits per heavy atom. The molecule has 2 amide bonds. The van der Waals surface area contributed by atoms with Gasteiger partial charge in [-0.3, -0.25) is 14.4 Å². The molecule has 1 aliphatic rings. The number of pyridine rings is 1. The van der Waals surface area contributed by atoms with Gasteiger partial charge in [-0.15, -0.1) is 0 Å². The molecule has 1 aliphatic carbocycles. The molecule has 2 aromatic rings. The molecule has 26 heavy (non-hydrogen) atoms. The Kier molecular flexibility index (Phi) is 5.51. The van der Waals surface area contributed by atoms with E-state index in [9.17, 15) is 14.4 Å². The SMILES string of the molecule is Cc1ccn(CC(=O)Nc2ccc(C(=O)NC3CCCC3)cc2)c(=O)c1. The Labute approximate surface area is 152 Å². The van der Waals surface area contributed by atoms with Crippen LogP contribution < -0.4 is 16.2 Å². The maximum atomic E-state index is 12.2. The lowest BCUT2D eigenvalue weighted by Crippen LogP contribution is -2.32. The van der Waals surface area contributed by atoms with E-state index in [1.54, 1.807) is 36.5 Å². The zero-order valence-corrected chi connectivity index (χ0v) is 14.8. The highest BCUT2D eigenvalue weighted by molar-refractivity contribution is 5.95. The fourth-order valence-electron chi connectivity index (χ4n) is 3.14. The van der Waals surface area contributed by atoms with Gasteiger partial charge in [0.2, 0.25) is 5.91 Å². The third-order valence-electron chi connectivity index (χ3n) is 4.59. The summed E-state index contributed by atoms with van der Waals surface area (Å²) in [6.07, 6.45) is 6.02. The lowest BCUT2D eigenvalue weighted by atomic mass is 10.1. The monoisotopic (exact) mass is 353 g/mol. The number of anilines is 1. The fourth-order valence-corrected chi connectivity index (χ4v) is 3.14. The first-order valence-corrected chi connectivity index (χ1v) is 8.89. The van der Waals surface area contributed by atoms with Crippen LogP contribution in [0.2, 0.25) is 0 Å². The van der Waals surface area contributed by atoms with Crippen LogP contribution in [0.1, 0.15) is 41.6 Å². The third-order valence-corrected chi connectivity index (χ3v) is 4.59. The second kappa shape index (κ2) is 7.99. The minimum absolute atomic E-state index is 0.0525. The maximum absolute atomic E-state index is 12.2. The maximum Gasteiger partial charge on any atom is 0.251 e. The topological polar surface area (TPSA) is 80.2 Å². The van der Waals surface area contributed by atoms with Crippen molar-refractivity contribution in [2.24, 2.45) is 0 Å². The Hall–Kier alpha value is -2.89. The minimum atomic E-state index is -0.292. The van der Waals surface area contributed by atoms with Crippen molar-refractivity contribution in [1.29, 1.82) is 0 Å². The molecule has 6 heteroatoms. The first kappa shape index (κ1) is 17.9. The van der Waals surface area contributed by atoms with Crippen molar-refractivity contribution in [2.45, 2.75) is 45.2 Å². The number of hydrogen-bond acceptors (Lipinski definition) is 3. The summed E-state index contributed by atoms with van der Waals surface area (Å²) in [7, 11) is 0. The molecule has 6 nitrogen and oxygen atoms in total.